The normalized spacial score (nSPS) is 23.8. The van der Waals surface area contributed by atoms with Crippen molar-refractivity contribution in [1.82, 2.24) is 0 Å². The Balaban J connectivity index is 2.36. The number of carbonyl (C=O) groups excluding carboxylic acids is 5. The SMILES string of the molecule is CC(=O)OC[C@H]1O[C@@H](CC(=O)/C=C/c2cccc(O)c2)[C@H](OC(C)=O)[C@@H](OC(C)=O)[C@@H]1OC(C)=O. The first-order valence-corrected chi connectivity index (χ1v) is 10.8. The van der Waals surface area contributed by atoms with E-state index in [0.717, 1.165) is 20.8 Å². The molecule has 0 bridgehead atoms. The van der Waals surface area contributed by atoms with Crippen LogP contribution in [0.15, 0.2) is 30.3 Å². The summed E-state index contributed by atoms with van der Waals surface area (Å²) in [5, 5.41) is 9.56. The first-order valence-electron chi connectivity index (χ1n) is 10.8. The molecule has 0 radical (unpaired) electrons. The lowest BCUT2D eigenvalue weighted by atomic mass is 9.91. The van der Waals surface area contributed by atoms with Gasteiger partial charge in [-0.1, -0.05) is 18.2 Å². The van der Waals surface area contributed by atoms with Crippen molar-refractivity contribution in [3.63, 3.8) is 0 Å². The van der Waals surface area contributed by atoms with Gasteiger partial charge in [-0.2, -0.15) is 0 Å². The van der Waals surface area contributed by atoms with Gasteiger partial charge in [-0.3, -0.25) is 24.0 Å². The molecule has 0 aliphatic carbocycles. The van der Waals surface area contributed by atoms with Crippen LogP contribution in [0.3, 0.4) is 0 Å². The number of benzene rings is 1. The van der Waals surface area contributed by atoms with Crippen molar-refractivity contribution >= 4 is 35.7 Å². The quantitative estimate of drug-likeness (QED) is 0.303. The lowest BCUT2D eigenvalue weighted by Gasteiger charge is -2.44. The van der Waals surface area contributed by atoms with Gasteiger partial charge in [-0.25, -0.2) is 0 Å². The van der Waals surface area contributed by atoms with E-state index in [4.69, 9.17) is 23.7 Å². The second kappa shape index (κ2) is 12.7. The second-order valence-corrected chi connectivity index (χ2v) is 7.84. The molecule has 0 saturated carbocycles. The first-order chi connectivity index (χ1) is 16.5. The molecule has 5 atom stereocenters. The molecule has 190 valence electrons. The Kier molecular flexibility index (Phi) is 9.95. The van der Waals surface area contributed by atoms with Crippen molar-refractivity contribution in [1.29, 1.82) is 0 Å². The molecule has 11 nitrogen and oxygen atoms in total. The Labute approximate surface area is 201 Å². The zero-order valence-electron chi connectivity index (χ0n) is 19.8. The van der Waals surface area contributed by atoms with Gasteiger partial charge in [0.1, 0.15) is 24.6 Å². The maximum absolute atomic E-state index is 12.7. The van der Waals surface area contributed by atoms with Crippen molar-refractivity contribution in [3.05, 3.63) is 35.9 Å². The van der Waals surface area contributed by atoms with Crippen LogP contribution >= 0.6 is 0 Å². The maximum atomic E-state index is 12.7. The molecule has 1 aromatic carbocycles. The molecule has 1 fully saturated rings. The third-order valence-electron chi connectivity index (χ3n) is 4.82. The van der Waals surface area contributed by atoms with Crippen LogP contribution in [0, 0.1) is 0 Å². The van der Waals surface area contributed by atoms with Crippen LogP contribution in [0.4, 0.5) is 0 Å². The van der Waals surface area contributed by atoms with Crippen molar-refractivity contribution in [2.75, 3.05) is 6.61 Å². The Hall–Kier alpha value is -3.73. The van der Waals surface area contributed by atoms with Gasteiger partial charge >= 0.3 is 23.9 Å². The Morgan fingerprint density at radius 3 is 1.97 bits per heavy atom. The number of rotatable bonds is 9. The standard InChI is InChI=1S/C24H28O11/c1-13(25)31-12-21-23(33-15(3)27)24(34-16(4)28)22(32-14(2)26)20(35-21)11-19(30)9-8-17-6-5-7-18(29)10-17/h5-10,20-24,29H,11-12H2,1-4H3/b9-8+/t20-,21+,22-,23+,24+/m0/s1. The van der Waals surface area contributed by atoms with E-state index < -0.39 is 60.2 Å². The number of ether oxygens (including phenoxy) is 5. The van der Waals surface area contributed by atoms with Gasteiger partial charge in [-0.05, 0) is 23.8 Å². The lowest BCUT2D eigenvalue weighted by molar-refractivity contribution is -0.252. The van der Waals surface area contributed by atoms with Crippen LogP contribution in [-0.2, 0) is 47.7 Å². The first kappa shape index (κ1) is 27.5. The molecule has 0 amide bonds. The largest absolute Gasteiger partial charge is 0.508 e. The maximum Gasteiger partial charge on any atom is 0.303 e. The van der Waals surface area contributed by atoms with Crippen molar-refractivity contribution in [3.8, 4) is 5.75 Å². The van der Waals surface area contributed by atoms with E-state index in [1.165, 1.54) is 31.2 Å². The van der Waals surface area contributed by atoms with E-state index >= 15 is 0 Å². The summed E-state index contributed by atoms with van der Waals surface area (Å²) in [4.78, 5) is 59.5. The second-order valence-electron chi connectivity index (χ2n) is 7.84. The molecule has 0 spiro atoms. The number of phenolic OH excluding ortho intramolecular Hbond substituents is 1. The minimum absolute atomic E-state index is 0.0270. The summed E-state index contributed by atoms with van der Waals surface area (Å²) in [5.41, 5.74) is 0.569. The summed E-state index contributed by atoms with van der Waals surface area (Å²) in [7, 11) is 0. The van der Waals surface area contributed by atoms with E-state index in [0.29, 0.717) is 5.56 Å². The van der Waals surface area contributed by atoms with E-state index in [9.17, 15) is 29.1 Å². The van der Waals surface area contributed by atoms with Gasteiger partial charge in [0.2, 0.25) is 0 Å². The van der Waals surface area contributed by atoms with Crippen LogP contribution in [0.25, 0.3) is 6.08 Å². The smallest absolute Gasteiger partial charge is 0.303 e. The number of esters is 4. The zero-order valence-corrected chi connectivity index (χ0v) is 19.8. The summed E-state index contributed by atoms with van der Waals surface area (Å²) in [6, 6.07) is 6.23. The third-order valence-corrected chi connectivity index (χ3v) is 4.82. The van der Waals surface area contributed by atoms with Crippen LogP contribution in [0.1, 0.15) is 39.7 Å². The monoisotopic (exact) mass is 492 g/mol. The summed E-state index contributed by atoms with van der Waals surface area (Å²) < 4.78 is 26.9. The number of aromatic hydroxyl groups is 1. The van der Waals surface area contributed by atoms with Crippen molar-refractivity contribution < 1.29 is 52.8 Å². The minimum atomic E-state index is -1.33. The molecule has 35 heavy (non-hydrogen) atoms. The third kappa shape index (κ3) is 8.85. The van der Waals surface area contributed by atoms with Gasteiger partial charge in [0, 0.05) is 34.1 Å². The lowest BCUT2D eigenvalue weighted by Crippen LogP contribution is -2.62. The van der Waals surface area contributed by atoms with E-state index in [2.05, 4.69) is 0 Å². The molecule has 1 saturated heterocycles. The molecular weight excluding hydrogens is 464 g/mol. The number of allylic oxidation sites excluding steroid dienone is 1. The number of carbonyl (C=O) groups is 5. The molecule has 0 unspecified atom stereocenters. The highest BCUT2D eigenvalue weighted by atomic mass is 16.7. The molecule has 1 aliphatic rings. The molecule has 11 heteroatoms. The van der Waals surface area contributed by atoms with Gasteiger partial charge in [0.25, 0.3) is 0 Å². The summed E-state index contributed by atoms with van der Waals surface area (Å²) >= 11 is 0. The van der Waals surface area contributed by atoms with E-state index in [1.807, 2.05) is 0 Å². The van der Waals surface area contributed by atoms with E-state index in [-0.39, 0.29) is 18.8 Å². The molecule has 1 aliphatic heterocycles. The molecule has 1 aromatic rings. The van der Waals surface area contributed by atoms with Crippen LogP contribution in [0.5, 0.6) is 5.75 Å². The predicted octanol–water partition coefficient (Wildman–Crippen LogP) is 1.49. The van der Waals surface area contributed by atoms with Gasteiger partial charge in [-0.15, -0.1) is 0 Å². The molecular formula is C24H28O11. The van der Waals surface area contributed by atoms with Crippen molar-refractivity contribution in [2.24, 2.45) is 0 Å². The topological polar surface area (TPSA) is 152 Å². The zero-order chi connectivity index (χ0) is 26.1. The highest BCUT2D eigenvalue weighted by Crippen LogP contribution is 2.31. The van der Waals surface area contributed by atoms with Gasteiger partial charge in [0.05, 0.1) is 0 Å². The average molecular weight is 492 g/mol. The number of hydrogen-bond donors (Lipinski definition) is 1. The Bertz CT molecular complexity index is 983. The van der Waals surface area contributed by atoms with Crippen LogP contribution in [0.2, 0.25) is 0 Å². The number of ketones is 1. The van der Waals surface area contributed by atoms with Crippen LogP contribution in [-0.4, -0.2) is 71.9 Å². The fourth-order valence-corrected chi connectivity index (χ4v) is 3.57. The average Bonchev–Trinajstić information content (AvgIpc) is 2.74. The van der Waals surface area contributed by atoms with Crippen molar-refractivity contribution in [2.45, 2.75) is 64.6 Å². The fraction of sp³-hybridized carbons (Fsp3) is 0.458. The molecule has 1 N–H and O–H groups in total. The molecule has 2 rings (SSSR count). The van der Waals surface area contributed by atoms with Gasteiger partial charge in [0.15, 0.2) is 24.1 Å². The molecule has 1 heterocycles. The number of phenols is 1. The molecule has 0 aromatic heterocycles. The number of hydrogen-bond acceptors (Lipinski definition) is 11. The summed E-state index contributed by atoms with van der Waals surface area (Å²) in [6.45, 7) is 4.15. The Morgan fingerprint density at radius 2 is 1.43 bits per heavy atom. The highest BCUT2D eigenvalue weighted by molar-refractivity contribution is 5.94. The van der Waals surface area contributed by atoms with E-state index in [1.54, 1.807) is 12.1 Å². The predicted molar refractivity (Wildman–Crippen MR) is 119 cm³/mol. The van der Waals surface area contributed by atoms with Gasteiger partial charge < -0.3 is 28.8 Å². The minimum Gasteiger partial charge on any atom is -0.508 e. The highest BCUT2D eigenvalue weighted by Gasteiger charge is 2.52. The summed E-state index contributed by atoms with van der Waals surface area (Å²) in [5.74, 6) is -3.29. The Morgan fingerprint density at radius 1 is 0.857 bits per heavy atom. The van der Waals surface area contributed by atoms with Crippen LogP contribution < -0.4 is 0 Å². The summed E-state index contributed by atoms with van der Waals surface area (Å²) in [6.07, 6.45) is -3.74. The fourth-order valence-electron chi connectivity index (χ4n) is 3.57.